The normalized spacial score (nSPS) is 21.5. The highest BCUT2D eigenvalue weighted by atomic mass is 32.2. The fraction of sp³-hybridized carbons (Fsp3) is 0.680. The molecule has 12 nitrogen and oxygen atoms in total. The summed E-state index contributed by atoms with van der Waals surface area (Å²) in [5.74, 6) is 1.88. The molecule has 1 aliphatic rings. The van der Waals surface area contributed by atoms with Crippen molar-refractivity contribution in [2.45, 2.75) is 64.4 Å². The number of phosphoric ester groups is 1. The highest BCUT2D eigenvalue weighted by Gasteiger charge is 2.45. The number of aromatic nitrogens is 2. The molecule has 0 aromatic carbocycles. The standard InChI is InChI=1S/C25H38N3O9PS3/c1-8-15-17(20(26)31)27-14-28(15)21-19(30)18(29)16(41-21)13-37-38(34,35-9-11-39-22(32)24(2,3)4)36-10-12-40-23(33)25(5,6)7/h1,14,16,18-19,21,29-30H,9-13H2,2-7H3,(H2,26,31)/t16-,18-,19-,21-/m1/s1. The molecule has 4 N–H and O–H groups in total. The van der Waals surface area contributed by atoms with Crippen LogP contribution in [-0.4, -0.2) is 84.7 Å². The first-order valence-corrected chi connectivity index (χ1v) is 17.0. The number of thioether (sulfide) groups is 3. The molecule has 230 valence electrons. The van der Waals surface area contributed by atoms with Gasteiger partial charge < -0.3 is 20.5 Å². The number of rotatable bonds is 13. The zero-order chi connectivity index (χ0) is 31.2. The number of terminal acetylenes is 1. The molecule has 4 atom stereocenters. The first kappa shape index (κ1) is 35.9. The van der Waals surface area contributed by atoms with Crippen molar-refractivity contribution in [3.63, 3.8) is 0 Å². The van der Waals surface area contributed by atoms with Crippen LogP contribution in [0.4, 0.5) is 0 Å². The van der Waals surface area contributed by atoms with Crippen molar-refractivity contribution in [1.29, 1.82) is 0 Å². The second-order valence-electron chi connectivity index (χ2n) is 11.1. The number of imidazole rings is 1. The quantitative estimate of drug-likeness (QED) is 0.161. The van der Waals surface area contributed by atoms with E-state index in [-0.39, 0.29) is 52.9 Å². The van der Waals surface area contributed by atoms with Crippen LogP contribution in [0.5, 0.6) is 0 Å². The number of phosphoric acid groups is 1. The Hall–Kier alpha value is -1.34. The molecule has 1 aliphatic heterocycles. The lowest BCUT2D eigenvalue weighted by molar-refractivity contribution is -0.118. The van der Waals surface area contributed by atoms with E-state index in [1.165, 1.54) is 10.9 Å². The summed E-state index contributed by atoms with van der Waals surface area (Å²) in [7, 11) is -4.20. The van der Waals surface area contributed by atoms with Gasteiger partial charge in [0.15, 0.2) is 15.9 Å². The highest BCUT2D eigenvalue weighted by molar-refractivity contribution is 8.14. The molecule has 0 aliphatic carbocycles. The predicted molar refractivity (Wildman–Crippen MR) is 160 cm³/mol. The topological polar surface area (TPSA) is 180 Å². The SMILES string of the molecule is C#Cc1c(C(N)=O)ncn1[C@@H]1S[C@H](COP(=O)(OCCSC(=O)C(C)(C)C)OCCSC(=O)C(C)(C)C)[C@@H](O)[C@H]1O. The maximum atomic E-state index is 13.5. The van der Waals surface area contributed by atoms with Crippen LogP contribution in [0.15, 0.2) is 6.33 Å². The van der Waals surface area contributed by atoms with Gasteiger partial charge in [-0.25, -0.2) is 9.55 Å². The Labute approximate surface area is 253 Å². The number of amides is 1. The molecule has 0 saturated carbocycles. The van der Waals surface area contributed by atoms with Crippen molar-refractivity contribution < 1.29 is 42.7 Å². The lowest BCUT2D eigenvalue weighted by Gasteiger charge is -2.22. The number of carbonyl (C=O) groups excluding carboxylic acids is 3. The van der Waals surface area contributed by atoms with E-state index in [9.17, 15) is 29.2 Å². The van der Waals surface area contributed by atoms with Crippen LogP contribution in [-0.2, 0) is 27.7 Å². The van der Waals surface area contributed by atoms with Gasteiger partial charge in [0.1, 0.15) is 17.2 Å². The molecule has 0 spiro atoms. The van der Waals surface area contributed by atoms with E-state index in [2.05, 4.69) is 10.9 Å². The maximum absolute atomic E-state index is 13.5. The minimum Gasteiger partial charge on any atom is -0.389 e. The molecule has 0 unspecified atom stereocenters. The third-order valence-electron chi connectivity index (χ3n) is 5.53. The molecule has 1 fully saturated rings. The van der Waals surface area contributed by atoms with Crippen LogP contribution in [0.1, 0.15) is 63.1 Å². The van der Waals surface area contributed by atoms with Crippen LogP contribution in [0.25, 0.3) is 0 Å². The summed E-state index contributed by atoms with van der Waals surface area (Å²) < 4.78 is 31.3. The summed E-state index contributed by atoms with van der Waals surface area (Å²) in [5.41, 5.74) is 4.10. The average molecular weight is 652 g/mol. The van der Waals surface area contributed by atoms with E-state index >= 15 is 0 Å². The lowest BCUT2D eigenvalue weighted by Crippen LogP contribution is -2.33. The van der Waals surface area contributed by atoms with E-state index in [0.717, 1.165) is 35.3 Å². The molecule has 16 heteroatoms. The minimum atomic E-state index is -4.20. The average Bonchev–Trinajstić information content (AvgIpc) is 3.42. The van der Waals surface area contributed by atoms with Gasteiger partial charge in [-0.3, -0.25) is 28.0 Å². The van der Waals surface area contributed by atoms with Crippen LogP contribution in [0.2, 0.25) is 0 Å². The number of primary amides is 1. The molecule has 1 aromatic rings. The van der Waals surface area contributed by atoms with Crippen LogP contribution < -0.4 is 5.73 Å². The minimum absolute atomic E-state index is 0.0461. The van der Waals surface area contributed by atoms with Gasteiger partial charge in [-0.1, -0.05) is 65.1 Å². The Bertz CT molecular complexity index is 1150. The predicted octanol–water partition coefficient (Wildman–Crippen LogP) is 3.07. The zero-order valence-electron chi connectivity index (χ0n) is 23.9. The summed E-state index contributed by atoms with van der Waals surface area (Å²) in [6.45, 7) is 10.1. The van der Waals surface area contributed by atoms with Gasteiger partial charge in [-0.05, 0) is 5.92 Å². The third-order valence-corrected chi connectivity index (χ3v) is 11.0. The molecule has 0 bridgehead atoms. The second kappa shape index (κ2) is 14.9. The fourth-order valence-corrected chi connectivity index (χ4v) is 7.80. The van der Waals surface area contributed by atoms with Crippen molar-refractivity contribution in [3.05, 3.63) is 17.7 Å². The first-order valence-electron chi connectivity index (χ1n) is 12.6. The van der Waals surface area contributed by atoms with Gasteiger partial charge in [0, 0.05) is 22.3 Å². The largest absolute Gasteiger partial charge is 0.474 e. The molecule has 2 rings (SSSR count). The number of nitrogens with zero attached hydrogens (tertiary/aromatic N) is 2. The van der Waals surface area contributed by atoms with Crippen molar-refractivity contribution in [1.82, 2.24) is 9.55 Å². The monoisotopic (exact) mass is 651 g/mol. The van der Waals surface area contributed by atoms with Crippen molar-refractivity contribution in [2.24, 2.45) is 16.6 Å². The Morgan fingerprint density at radius 3 is 2.00 bits per heavy atom. The Morgan fingerprint density at radius 1 is 1.05 bits per heavy atom. The van der Waals surface area contributed by atoms with Gasteiger partial charge in [0.25, 0.3) is 5.91 Å². The molecular weight excluding hydrogens is 613 g/mol. The van der Waals surface area contributed by atoms with E-state index in [0.29, 0.717) is 0 Å². The van der Waals surface area contributed by atoms with Gasteiger partial charge in [-0.15, -0.1) is 18.2 Å². The zero-order valence-corrected chi connectivity index (χ0v) is 27.2. The van der Waals surface area contributed by atoms with E-state index in [1.54, 1.807) is 41.5 Å². The van der Waals surface area contributed by atoms with Gasteiger partial charge in [0.05, 0.1) is 37.5 Å². The molecule has 1 saturated heterocycles. The molecule has 2 heterocycles. The molecule has 0 radical (unpaired) electrons. The lowest BCUT2D eigenvalue weighted by atomic mass is 9.99. The van der Waals surface area contributed by atoms with Crippen LogP contribution in [0.3, 0.4) is 0 Å². The van der Waals surface area contributed by atoms with Gasteiger partial charge in [-0.2, -0.15) is 0 Å². The Balaban J connectivity index is 2.08. The number of aliphatic hydroxyl groups is 2. The first-order chi connectivity index (χ1) is 18.9. The highest BCUT2D eigenvalue weighted by Crippen LogP contribution is 2.52. The molecular formula is C25H38N3O9PS3. The second-order valence-corrected chi connectivity index (χ2v) is 16.3. The molecule has 1 aromatic heterocycles. The van der Waals surface area contributed by atoms with Crippen molar-refractivity contribution in [2.75, 3.05) is 31.3 Å². The summed E-state index contributed by atoms with van der Waals surface area (Å²) >= 11 is 3.12. The Kier molecular flexibility index (Phi) is 13.0. The fourth-order valence-electron chi connectivity index (χ4n) is 3.25. The number of hydrogen-bond acceptors (Lipinski definition) is 13. The number of nitrogens with two attached hydrogens (primary N) is 1. The van der Waals surface area contributed by atoms with Crippen LogP contribution >= 0.6 is 43.1 Å². The number of carbonyl (C=O) groups is 3. The van der Waals surface area contributed by atoms with Gasteiger partial charge >= 0.3 is 7.82 Å². The van der Waals surface area contributed by atoms with E-state index < -0.39 is 47.4 Å². The molecule has 1 amide bonds. The van der Waals surface area contributed by atoms with Crippen LogP contribution in [0, 0.1) is 23.2 Å². The van der Waals surface area contributed by atoms with Gasteiger partial charge in [0.2, 0.25) is 0 Å². The maximum Gasteiger partial charge on any atom is 0.474 e. The third kappa shape index (κ3) is 10.1. The van der Waals surface area contributed by atoms with E-state index in [4.69, 9.17) is 25.7 Å². The number of hydrogen-bond donors (Lipinski definition) is 3. The van der Waals surface area contributed by atoms with Crippen molar-refractivity contribution in [3.8, 4) is 12.3 Å². The summed E-state index contributed by atoms with van der Waals surface area (Å²) in [6.07, 6.45) is 4.10. The smallest absolute Gasteiger partial charge is 0.389 e. The summed E-state index contributed by atoms with van der Waals surface area (Å²) in [6, 6.07) is 0. The van der Waals surface area contributed by atoms with E-state index in [1.807, 2.05) is 0 Å². The van der Waals surface area contributed by atoms with Crippen molar-refractivity contribution >= 4 is 59.2 Å². The number of aliphatic hydroxyl groups excluding tert-OH is 2. The Morgan fingerprint density at radius 2 is 1.56 bits per heavy atom. The molecule has 41 heavy (non-hydrogen) atoms. The summed E-state index contributed by atoms with van der Waals surface area (Å²) in [4.78, 5) is 39.9. The summed E-state index contributed by atoms with van der Waals surface area (Å²) in [5, 5.41) is 19.6.